The molecule has 17 heavy (non-hydrogen) atoms. The number of benzene rings is 1. The Labute approximate surface area is 94.9 Å². The molecule has 0 N–H and O–H groups in total. The van der Waals surface area contributed by atoms with Gasteiger partial charge in [-0.2, -0.15) is 29.0 Å². The fraction of sp³-hybridized carbons (Fsp3) is 0.182. The summed E-state index contributed by atoms with van der Waals surface area (Å²) in [7, 11) is 0. The average Bonchev–Trinajstić information content (AvgIpc) is 2.27. The van der Waals surface area contributed by atoms with E-state index in [1.54, 1.807) is 12.1 Å². The highest BCUT2D eigenvalue weighted by molar-refractivity contribution is 5.51. The van der Waals surface area contributed by atoms with Gasteiger partial charge in [-0.15, -0.1) is 0 Å². The molecule has 0 spiro atoms. The first-order valence-corrected chi connectivity index (χ1v) is 4.35. The van der Waals surface area contributed by atoms with E-state index in [2.05, 4.69) is 0 Å². The quantitative estimate of drug-likeness (QED) is 0.750. The van der Waals surface area contributed by atoms with Crippen LogP contribution in [-0.4, -0.2) is 0 Å². The highest BCUT2D eigenvalue weighted by Crippen LogP contribution is 2.34. The molecule has 0 aliphatic carbocycles. The monoisotopic (exact) mass is 235 g/mol. The summed E-state index contributed by atoms with van der Waals surface area (Å²) >= 11 is 0. The Kier molecular flexibility index (Phi) is 3.36. The van der Waals surface area contributed by atoms with Crippen molar-refractivity contribution in [2.75, 3.05) is 0 Å². The molecule has 6 heteroatoms. The van der Waals surface area contributed by atoms with Crippen LogP contribution in [0.15, 0.2) is 12.1 Å². The van der Waals surface area contributed by atoms with E-state index >= 15 is 0 Å². The minimum absolute atomic E-state index is 0.0821. The van der Waals surface area contributed by atoms with Crippen LogP contribution in [0.25, 0.3) is 0 Å². The predicted molar refractivity (Wildman–Crippen MR) is 50.2 cm³/mol. The van der Waals surface area contributed by atoms with Gasteiger partial charge < -0.3 is 0 Å². The molecule has 1 aromatic rings. The average molecular weight is 235 g/mol. The maximum Gasteiger partial charge on any atom is 0.417 e. The third kappa shape index (κ3) is 2.53. The van der Waals surface area contributed by atoms with Crippen LogP contribution >= 0.6 is 0 Å². The van der Waals surface area contributed by atoms with Crippen molar-refractivity contribution in [3.63, 3.8) is 0 Å². The highest BCUT2D eigenvalue weighted by Gasteiger charge is 2.35. The number of halogens is 3. The maximum atomic E-state index is 12.6. The van der Waals surface area contributed by atoms with Gasteiger partial charge in [0.15, 0.2) is 0 Å². The van der Waals surface area contributed by atoms with Gasteiger partial charge in [0, 0.05) is 0 Å². The Balaban J connectivity index is 3.61. The van der Waals surface area contributed by atoms with E-state index in [4.69, 9.17) is 15.8 Å². The zero-order valence-electron chi connectivity index (χ0n) is 8.34. The van der Waals surface area contributed by atoms with E-state index in [1.807, 2.05) is 0 Å². The zero-order valence-corrected chi connectivity index (χ0v) is 8.34. The van der Waals surface area contributed by atoms with Crippen LogP contribution in [0.3, 0.4) is 0 Å². The van der Waals surface area contributed by atoms with Crippen LogP contribution in [0, 0.1) is 34.0 Å². The molecule has 0 radical (unpaired) electrons. The fourth-order valence-electron chi connectivity index (χ4n) is 1.35. The summed E-state index contributed by atoms with van der Waals surface area (Å²) in [6, 6.07) is 6.39. The van der Waals surface area contributed by atoms with Crippen molar-refractivity contribution >= 4 is 0 Å². The second kappa shape index (κ2) is 4.55. The molecule has 84 valence electrons. The molecule has 0 heterocycles. The highest BCUT2D eigenvalue weighted by atomic mass is 19.4. The third-order valence-corrected chi connectivity index (χ3v) is 2.04. The lowest BCUT2D eigenvalue weighted by Gasteiger charge is -2.11. The van der Waals surface area contributed by atoms with Crippen LogP contribution in [0.5, 0.6) is 0 Å². The third-order valence-electron chi connectivity index (χ3n) is 2.04. The van der Waals surface area contributed by atoms with Gasteiger partial charge in [0.1, 0.15) is 6.07 Å². The van der Waals surface area contributed by atoms with Crippen LogP contribution in [0.1, 0.15) is 22.3 Å². The van der Waals surface area contributed by atoms with Crippen LogP contribution < -0.4 is 0 Å². The molecule has 0 aromatic heterocycles. The molecular weight excluding hydrogens is 231 g/mol. The summed E-state index contributed by atoms with van der Waals surface area (Å²) in [6.07, 6.45) is -5.07. The largest absolute Gasteiger partial charge is 0.417 e. The normalized spacial score (nSPS) is 10.1. The minimum atomic E-state index is -4.72. The number of hydrogen-bond donors (Lipinski definition) is 0. The number of hydrogen-bond acceptors (Lipinski definition) is 3. The van der Waals surface area contributed by atoms with Crippen molar-refractivity contribution < 1.29 is 13.2 Å². The summed E-state index contributed by atoms with van der Waals surface area (Å²) in [5.74, 6) is 0. The number of nitriles is 3. The fourth-order valence-corrected chi connectivity index (χ4v) is 1.35. The zero-order chi connectivity index (χ0) is 13.1. The van der Waals surface area contributed by atoms with Crippen molar-refractivity contribution in [3.05, 3.63) is 34.4 Å². The molecule has 0 atom stereocenters. The molecule has 3 nitrogen and oxygen atoms in total. The van der Waals surface area contributed by atoms with E-state index in [0.29, 0.717) is 6.07 Å². The molecule has 0 aliphatic rings. The first-order chi connectivity index (χ1) is 7.93. The number of rotatable bonds is 1. The first kappa shape index (κ1) is 12.5. The standard InChI is InChI=1S/C11H4F3N3/c12-11(13,14)10-4-7(5-16)3-8(1-2-15)9(10)6-17/h3-4H,1H2. The maximum absolute atomic E-state index is 12.6. The van der Waals surface area contributed by atoms with Crippen LogP contribution in [-0.2, 0) is 12.6 Å². The lowest BCUT2D eigenvalue weighted by atomic mass is 9.96. The molecule has 1 aromatic carbocycles. The summed E-state index contributed by atoms with van der Waals surface area (Å²) in [6.45, 7) is 0. The molecule has 0 amide bonds. The van der Waals surface area contributed by atoms with E-state index in [0.717, 1.165) is 6.07 Å². The van der Waals surface area contributed by atoms with Gasteiger partial charge in [-0.25, -0.2) is 0 Å². The number of alkyl halides is 3. The van der Waals surface area contributed by atoms with Gasteiger partial charge in [0.25, 0.3) is 0 Å². The Bertz CT molecular complexity index is 568. The summed E-state index contributed by atoms with van der Waals surface area (Å²) in [5.41, 5.74) is -2.08. The molecule has 1 rings (SSSR count). The van der Waals surface area contributed by atoms with Crippen molar-refractivity contribution in [1.82, 2.24) is 0 Å². The predicted octanol–water partition coefficient (Wildman–Crippen LogP) is 2.51. The molecule has 0 saturated carbocycles. The SMILES string of the molecule is N#CCc1cc(C#N)cc(C(F)(F)F)c1C#N. The first-order valence-electron chi connectivity index (χ1n) is 4.35. The second-order valence-corrected chi connectivity index (χ2v) is 3.11. The topological polar surface area (TPSA) is 71.4 Å². The summed E-state index contributed by atoms with van der Waals surface area (Å²) in [5, 5.41) is 25.8. The van der Waals surface area contributed by atoms with Crippen LogP contribution in [0.4, 0.5) is 13.2 Å². The molecule has 0 aliphatic heterocycles. The van der Waals surface area contributed by atoms with E-state index < -0.39 is 17.3 Å². The van der Waals surface area contributed by atoms with Gasteiger partial charge in [-0.05, 0) is 17.7 Å². The van der Waals surface area contributed by atoms with Crippen molar-refractivity contribution in [3.8, 4) is 18.2 Å². The van der Waals surface area contributed by atoms with E-state index in [1.165, 1.54) is 6.07 Å². The van der Waals surface area contributed by atoms with E-state index in [9.17, 15) is 13.2 Å². The Hall–Kier alpha value is -2.52. The lowest BCUT2D eigenvalue weighted by molar-refractivity contribution is -0.137. The van der Waals surface area contributed by atoms with Gasteiger partial charge in [0.2, 0.25) is 0 Å². The lowest BCUT2D eigenvalue weighted by Crippen LogP contribution is -2.10. The van der Waals surface area contributed by atoms with Gasteiger partial charge in [-0.1, -0.05) is 0 Å². The van der Waals surface area contributed by atoms with E-state index in [-0.39, 0.29) is 17.5 Å². The summed E-state index contributed by atoms with van der Waals surface area (Å²) in [4.78, 5) is 0. The van der Waals surface area contributed by atoms with Gasteiger partial charge in [-0.3, -0.25) is 0 Å². The molecular formula is C11H4F3N3. The molecule has 0 bridgehead atoms. The molecule has 0 saturated heterocycles. The minimum Gasteiger partial charge on any atom is -0.198 e. The smallest absolute Gasteiger partial charge is 0.198 e. The Morgan fingerprint density at radius 3 is 2.12 bits per heavy atom. The number of nitrogens with zero attached hydrogens (tertiary/aromatic N) is 3. The second-order valence-electron chi connectivity index (χ2n) is 3.11. The van der Waals surface area contributed by atoms with Crippen molar-refractivity contribution in [1.29, 1.82) is 15.8 Å². The van der Waals surface area contributed by atoms with Crippen molar-refractivity contribution in [2.24, 2.45) is 0 Å². The Morgan fingerprint density at radius 2 is 1.71 bits per heavy atom. The van der Waals surface area contributed by atoms with Gasteiger partial charge >= 0.3 is 6.18 Å². The molecule has 0 fully saturated rings. The molecule has 0 unspecified atom stereocenters. The van der Waals surface area contributed by atoms with Crippen LogP contribution in [0.2, 0.25) is 0 Å². The summed E-state index contributed by atoms with van der Waals surface area (Å²) < 4.78 is 37.9. The Morgan fingerprint density at radius 1 is 1.06 bits per heavy atom. The van der Waals surface area contributed by atoms with Gasteiger partial charge in [0.05, 0.1) is 35.2 Å². The van der Waals surface area contributed by atoms with Crippen molar-refractivity contribution in [2.45, 2.75) is 12.6 Å².